The van der Waals surface area contributed by atoms with Gasteiger partial charge >= 0.3 is 19.8 Å². The van der Waals surface area contributed by atoms with Crippen molar-refractivity contribution >= 4 is 25.5 Å². The molecule has 6 N–H and O–H groups in total. The number of ether oxygens (including phenoxy) is 2. The molecule has 62 heavy (non-hydrogen) atoms. The van der Waals surface area contributed by atoms with Gasteiger partial charge in [0.05, 0.1) is 6.61 Å². The Balaban J connectivity index is 2.53. The predicted octanol–water partition coefficient (Wildman–Crippen LogP) is 8.12. The summed E-state index contributed by atoms with van der Waals surface area (Å²) >= 11 is 0. The van der Waals surface area contributed by atoms with E-state index < -0.39 is 75.7 Å². The van der Waals surface area contributed by atoms with Crippen molar-refractivity contribution in [3.63, 3.8) is 0 Å². The lowest BCUT2D eigenvalue weighted by Crippen LogP contribution is -2.64. The number of phosphoric acid groups is 1. The summed E-state index contributed by atoms with van der Waals surface area (Å²) in [5.41, 5.74) is 0. The molecule has 356 valence electrons. The van der Waals surface area contributed by atoms with Crippen molar-refractivity contribution in [1.29, 1.82) is 0 Å². The van der Waals surface area contributed by atoms with Crippen LogP contribution in [0.4, 0.5) is 0 Å². The van der Waals surface area contributed by atoms with Crippen LogP contribution in [0.1, 0.15) is 162 Å². The van der Waals surface area contributed by atoms with Gasteiger partial charge in [0.25, 0.3) is 0 Å². The summed E-state index contributed by atoms with van der Waals surface area (Å²) < 4.78 is 33.4. The molecule has 0 aromatic heterocycles. The molecule has 14 nitrogen and oxygen atoms in total. The maximum absolute atomic E-state index is 12.8. The molecule has 0 heterocycles. The van der Waals surface area contributed by atoms with E-state index in [1.54, 1.807) is 12.2 Å². The normalized spacial score (nSPS) is 22.3. The molecule has 0 radical (unpaired) electrons. The van der Waals surface area contributed by atoms with Crippen LogP contribution in [0.2, 0.25) is 0 Å². The molecule has 0 bridgehead atoms. The molecule has 0 spiro atoms. The molecule has 1 fully saturated rings. The first-order valence-electron chi connectivity index (χ1n) is 23.0. The van der Waals surface area contributed by atoms with Crippen LogP contribution in [0, 0.1) is 0 Å². The van der Waals surface area contributed by atoms with Crippen molar-refractivity contribution < 1.29 is 67.9 Å². The van der Waals surface area contributed by atoms with E-state index in [1.165, 1.54) is 38.5 Å². The molecule has 1 saturated carbocycles. The van der Waals surface area contributed by atoms with Crippen molar-refractivity contribution in [2.24, 2.45) is 0 Å². The highest BCUT2D eigenvalue weighted by molar-refractivity contribution is 7.47. The van der Waals surface area contributed by atoms with Crippen LogP contribution >= 0.6 is 7.82 Å². The van der Waals surface area contributed by atoms with E-state index in [9.17, 15) is 49.4 Å². The standard InChI is InChI=1S/C47H79O14P/c1-3-5-7-8-9-10-11-12-13-14-17-21-24-27-31-35-41(50)60-39(37-59-62(56,57)61-47-45(54)43(52)42(51)44(53)46(47)55)36-58-40(49)34-30-26-23-20-18-15-16-19-22-25-29-33-38(48)32-28-6-4-2/h12-13,15-16,20,22-23,25,29,33,39,42-47,51-55H,3-11,14,17-19,21,24,26-28,30-32,34-37H2,1-2H3,(H,56,57)/b13-12-,16-15-,23-20-,25-22-,33-29+/t39-,42?,43-,44+,45-,46-,47?/m1/s1. The lowest BCUT2D eigenvalue weighted by molar-refractivity contribution is -0.220. The monoisotopic (exact) mass is 899 g/mol. The number of rotatable bonds is 37. The number of ketones is 1. The lowest BCUT2D eigenvalue weighted by Gasteiger charge is -2.41. The zero-order chi connectivity index (χ0) is 45.9. The number of phosphoric ester groups is 1. The second-order valence-electron chi connectivity index (χ2n) is 15.9. The lowest BCUT2D eigenvalue weighted by atomic mass is 9.85. The predicted molar refractivity (Wildman–Crippen MR) is 240 cm³/mol. The Labute approximate surface area is 370 Å². The minimum absolute atomic E-state index is 0.0610. The third-order valence-corrected chi connectivity index (χ3v) is 11.3. The van der Waals surface area contributed by atoms with Crippen LogP contribution in [-0.4, -0.2) is 104 Å². The summed E-state index contributed by atoms with van der Waals surface area (Å²) in [4.78, 5) is 47.4. The number of esters is 2. The first-order valence-corrected chi connectivity index (χ1v) is 24.5. The topological polar surface area (TPSA) is 227 Å². The Morgan fingerprint density at radius 3 is 1.68 bits per heavy atom. The van der Waals surface area contributed by atoms with Crippen molar-refractivity contribution in [1.82, 2.24) is 0 Å². The summed E-state index contributed by atoms with van der Waals surface area (Å²) in [5, 5.41) is 50.1. The molecule has 1 aliphatic carbocycles. The Bertz CT molecular complexity index is 1380. The zero-order valence-electron chi connectivity index (χ0n) is 37.4. The van der Waals surface area contributed by atoms with E-state index in [0.717, 1.165) is 64.2 Å². The fourth-order valence-corrected chi connectivity index (χ4v) is 7.50. The summed E-state index contributed by atoms with van der Waals surface area (Å²) in [6.07, 6.45) is 26.9. The molecule has 0 amide bonds. The number of carbonyl (C=O) groups excluding carboxylic acids is 3. The SMILES string of the molecule is CCCCCCCC/C=C\CCCCCCCC(=O)O[C@H](COC(=O)CCC/C=C\C/C=C\C/C=C\C=C\C(=O)CCCCC)COP(=O)(O)OC1[C@H](O)[C@H](O)C(O)[C@H](O)[C@H]1O. The van der Waals surface area contributed by atoms with Gasteiger partial charge in [-0.3, -0.25) is 23.4 Å². The Morgan fingerprint density at radius 1 is 0.548 bits per heavy atom. The van der Waals surface area contributed by atoms with Gasteiger partial charge in [-0.25, -0.2) is 4.57 Å². The van der Waals surface area contributed by atoms with E-state index in [4.69, 9.17) is 18.5 Å². The van der Waals surface area contributed by atoms with Gasteiger partial charge in [-0.15, -0.1) is 0 Å². The maximum atomic E-state index is 12.8. The van der Waals surface area contributed by atoms with E-state index in [-0.39, 0.29) is 18.6 Å². The molecular weight excluding hydrogens is 819 g/mol. The highest BCUT2D eigenvalue weighted by atomic mass is 31.2. The highest BCUT2D eigenvalue weighted by Gasteiger charge is 2.51. The second-order valence-corrected chi connectivity index (χ2v) is 17.3. The van der Waals surface area contributed by atoms with Gasteiger partial charge in [0, 0.05) is 19.3 Å². The largest absolute Gasteiger partial charge is 0.472 e. The van der Waals surface area contributed by atoms with Crippen LogP contribution < -0.4 is 0 Å². The van der Waals surface area contributed by atoms with E-state index >= 15 is 0 Å². The number of aliphatic hydroxyl groups excluding tert-OH is 5. The van der Waals surface area contributed by atoms with Gasteiger partial charge < -0.3 is 39.9 Å². The fraction of sp³-hybridized carbons (Fsp3) is 0.723. The molecule has 0 saturated heterocycles. The first kappa shape index (κ1) is 57.2. The first-order chi connectivity index (χ1) is 29.8. The van der Waals surface area contributed by atoms with Gasteiger partial charge in [-0.05, 0) is 70.3 Å². The minimum Gasteiger partial charge on any atom is -0.462 e. The number of allylic oxidation sites excluding steroid dienone is 10. The molecule has 15 heteroatoms. The van der Waals surface area contributed by atoms with Crippen LogP contribution in [0.5, 0.6) is 0 Å². The average molecular weight is 899 g/mol. The average Bonchev–Trinajstić information content (AvgIpc) is 3.25. The maximum Gasteiger partial charge on any atom is 0.472 e. The summed E-state index contributed by atoms with van der Waals surface area (Å²) in [7, 11) is -5.15. The van der Waals surface area contributed by atoms with Gasteiger partial charge in [0.15, 0.2) is 11.9 Å². The molecule has 0 aromatic rings. The van der Waals surface area contributed by atoms with Gasteiger partial charge in [0.1, 0.15) is 43.2 Å². The number of hydrogen-bond acceptors (Lipinski definition) is 13. The van der Waals surface area contributed by atoms with E-state index in [1.807, 2.05) is 36.5 Å². The van der Waals surface area contributed by atoms with Crippen molar-refractivity contribution in [2.75, 3.05) is 13.2 Å². The minimum atomic E-state index is -5.15. The molecule has 1 aliphatic rings. The van der Waals surface area contributed by atoms with Crippen LogP contribution in [-0.2, 0) is 37.5 Å². The van der Waals surface area contributed by atoms with Gasteiger partial charge in [0.2, 0.25) is 0 Å². The number of hydrogen-bond donors (Lipinski definition) is 6. The second kappa shape index (κ2) is 36.5. The Kier molecular flexibility index (Phi) is 33.7. The molecule has 8 atom stereocenters. The zero-order valence-corrected chi connectivity index (χ0v) is 38.3. The van der Waals surface area contributed by atoms with Crippen LogP contribution in [0.25, 0.3) is 0 Å². The molecule has 0 aromatic carbocycles. The summed E-state index contributed by atoms with van der Waals surface area (Å²) in [6, 6.07) is 0. The van der Waals surface area contributed by atoms with Crippen LogP contribution in [0.3, 0.4) is 0 Å². The molecule has 1 rings (SSSR count). The van der Waals surface area contributed by atoms with Crippen LogP contribution in [0.15, 0.2) is 60.8 Å². The Hall–Kier alpha value is -2.78. The number of unbranched alkanes of at least 4 members (excludes halogenated alkanes) is 14. The van der Waals surface area contributed by atoms with Gasteiger partial charge in [-0.1, -0.05) is 133 Å². The fourth-order valence-electron chi connectivity index (χ4n) is 6.52. The molecular formula is C47H79O14P. The smallest absolute Gasteiger partial charge is 0.462 e. The summed E-state index contributed by atoms with van der Waals surface area (Å²) in [6.45, 7) is 3.06. The highest BCUT2D eigenvalue weighted by Crippen LogP contribution is 2.47. The van der Waals surface area contributed by atoms with E-state index in [2.05, 4.69) is 26.0 Å². The quantitative estimate of drug-likeness (QED) is 0.00865. The van der Waals surface area contributed by atoms with E-state index in [0.29, 0.717) is 32.1 Å². The van der Waals surface area contributed by atoms with Crippen molar-refractivity contribution in [3.8, 4) is 0 Å². The van der Waals surface area contributed by atoms with Crippen molar-refractivity contribution in [2.45, 2.75) is 204 Å². The molecule has 3 unspecified atom stereocenters. The van der Waals surface area contributed by atoms with Crippen molar-refractivity contribution in [3.05, 3.63) is 60.8 Å². The third kappa shape index (κ3) is 28.8. The number of aliphatic hydroxyl groups is 5. The summed E-state index contributed by atoms with van der Waals surface area (Å²) in [5.74, 6) is -1.07. The molecule has 0 aliphatic heterocycles. The Morgan fingerprint density at radius 2 is 1.03 bits per heavy atom. The third-order valence-electron chi connectivity index (χ3n) is 10.3. The number of carbonyl (C=O) groups is 3. The van der Waals surface area contributed by atoms with Gasteiger partial charge in [-0.2, -0.15) is 0 Å².